The molecule has 1 aromatic heterocycles. The fourth-order valence-electron chi connectivity index (χ4n) is 1.74. The molecule has 0 saturated carbocycles. The maximum absolute atomic E-state index is 11.2. The predicted molar refractivity (Wildman–Crippen MR) is 87.3 cm³/mol. The van der Waals surface area contributed by atoms with Crippen molar-refractivity contribution < 1.29 is 8.63 Å². The van der Waals surface area contributed by atoms with E-state index >= 15 is 0 Å². The Labute approximate surface area is 135 Å². The van der Waals surface area contributed by atoms with Gasteiger partial charge in [-0.1, -0.05) is 19.1 Å². The van der Waals surface area contributed by atoms with Crippen LogP contribution in [0.5, 0.6) is 0 Å². The van der Waals surface area contributed by atoms with Crippen molar-refractivity contribution in [1.82, 2.24) is 15.5 Å². The van der Waals surface area contributed by atoms with Gasteiger partial charge in [0.2, 0.25) is 11.8 Å². The van der Waals surface area contributed by atoms with Crippen LogP contribution in [0.4, 0.5) is 0 Å². The van der Waals surface area contributed by atoms with E-state index in [2.05, 4.69) is 31.4 Å². The maximum Gasteiger partial charge on any atom is 0.248 e. The molecule has 0 amide bonds. The minimum atomic E-state index is -0.778. The van der Waals surface area contributed by atoms with Crippen molar-refractivity contribution in [3.63, 3.8) is 0 Å². The molecule has 114 valence electrons. The third-order valence-corrected chi connectivity index (χ3v) is 5.20. The van der Waals surface area contributed by atoms with Crippen molar-refractivity contribution in [2.75, 3.05) is 12.8 Å². The summed E-state index contributed by atoms with van der Waals surface area (Å²) in [6.07, 6.45) is 2.58. The average molecular weight is 372 g/mol. The monoisotopic (exact) mass is 371 g/mol. The van der Waals surface area contributed by atoms with Crippen LogP contribution in [-0.2, 0) is 17.3 Å². The van der Waals surface area contributed by atoms with E-state index in [-0.39, 0.29) is 5.25 Å². The summed E-state index contributed by atoms with van der Waals surface area (Å²) in [4.78, 5) is 0. The van der Waals surface area contributed by atoms with Gasteiger partial charge < -0.3 is 9.73 Å². The van der Waals surface area contributed by atoms with Gasteiger partial charge in [0.1, 0.15) is 0 Å². The van der Waals surface area contributed by atoms with E-state index in [9.17, 15) is 4.21 Å². The summed E-state index contributed by atoms with van der Waals surface area (Å²) in [5.41, 5.74) is 0.881. The number of nitrogens with zero attached hydrogens (tertiary/aromatic N) is 2. The summed E-state index contributed by atoms with van der Waals surface area (Å²) in [6.45, 7) is 3.27. The van der Waals surface area contributed by atoms with Crippen molar-refractivity contribution >= 4 is 26.7 Å². The number of nitrogens with one attached hydrogen (secondary N) is 1. The highest BCUT2D eigenvalue weighted by Crippen LogP contribution is 2.26. The van der Waals surface area contributed by atoms with Gasteiger partial charge in [-0.25, -0.2) is 0 Å². The first-order valence-corrected chi connectivity index (χ1v) is 9.09. The van der Waals surface area contributed by atoms with Gasteiger partial charge in [0.05, 0.1) is 12.1 Å². The number of halogens is 1. The Morgan fingerprint density at radius 2 is 2.14 bits per heavy atom. The van der Waals surface area contributed by atoms with Crippen LogP contribution >= 0.6 is 15.9 Å². The summed E-state index contributed by atoms with van der Waals surface area (Å²) >= 11 is 3.46. The van der Waals surface area contributed by atoms with Crippen LogP contribution in [0, 0.1) is 0 Å². The van der Waals surface area contributed by atoms with Crippen LogP contribution in [0.2, 0.25) is 0 Å². The topological polar surface area (TPSA) is 68.0 Å². The molecule has 0 radical (unpaired) electrons. The van der Waals surface area contributed by atoms with Gasteiger partial charge in [-0.05, 0) is 41.0 Å². The fourth-order valence-corrected chi connectivity index (χ4v) is 2.64. The molecule has 0 spiro atoms. The maximum atomic E-state index is 11.2. The summed E-state index contributed by atoms with van der Waals surface area (Å²) in [5.74, 6) is 1.05. The second kappa shape index (κ2) is 7.82. The molecular weight excluding hydrogens is 354 g/mol. The molecule has 1 heterocycles. The lowest BCUT2D eigenvalue weighted by Gasteiger charge is -2.07. The molecule has 0 bridgehead atoms. The Kier molecular flexibility index (Phi) is 6.08. The molecule has 5 nitrogen and oxygen atoms in total. The molecule has 0 fully saturated rings. The molecule has 0 aliphatic rings. The number of hydrogen-bond acceptors (Lipinski definition) is 5. The van der Waals surface area contributed by atoms with E-state index in [1.165, 1.54) is 0 Å². The Hall–Kier alpha value is -1.05. The van der Waals surface area contributed by atoms with Gasteiger partial charge >= 0.3 is 0 Å². The molecule has 1 aromatic carbocycles. The zero-order valence-electron chi connectivity index (χ0n) is 12.0. The van der Waals surface area contributed by atoms with Crippen LogP contribution in [0.25, 0.3) is 11.5 Å². The highest BCUT2D eigenvalue weighted by Gasteiger charge is 2.11. The van der Waals surface area contributed by atoms with Crippen molar-refractivity contribution in [3.05, 3.63) is 34.6 Å². The SMILES string of the molecule is CC(CCNCc1nnc(-c2ccccc2Br)o1)S(C)=O. The van der Waals surface area contributed by atoms with Crippen molar-refractivity contribution in [1.29, 1.82) is 0 Å². The molecule has 21 heavy (non-hydrogen) atoms. The second-order valence-corrected chi connectivity index (χ2v) is 7.41. The Morgan fingerprint density at radius 3 is 2.86 bits per heavy atom. The Bertz CT molecular complexity index is 618. The van der Waals surface area contributed by atoms with Crippen molar-refractivity contribution in [3.8, 4) is 11.5 Å². The Balaban J connectivity index is 1.87. The van der Waals surface area contributed by atoms with E-state index < -0.39 is 10.8 Å². The summed E-state index contributed by atoms with van der Waals surface area (Å²) < 4.78 is 17.8. The molecule has 2 rings (SSSR count). The number of rotatable bonds is 7. The van der Waals surface area contributed by atoms with Gasteiger partial charge in [-0.3, -0.25) is 4.21 Å². The van der Waals surface area contributed by atoms with Crippen LogP contribution in [0.1, 0.15) is 19.2 Å². The normalized spacial score (nSPS) is 14.0. The highest BCUT2D eigenvalue weighted by atomic mass is 79.9. The molecule has 0 aliphatic carbocycles. The highest BCUT2D eigenvalue weighted by molar-refractivity contribution is 9.10. The summed E-state index contributed by atoms with van der Waals surface area (Å²) in [7, 11) is -0.778. The van der Waals surface area contributed by atoms with E-state index in [0.717, 1.165) is 23.0 Å². The smallest absolute Gasteiger partial charge is 0.248 e. The molecule has 7 heteroatoms. The minimum Gasteiger partial charge on any atom is -0.419 e. The molecule has 0 aliphatic heterocycles. The second-order valence-electron chi connectivity index (χ2n) is 4.76. The van der Waals surface area contributed by atoms with Gasteiger partial charge in [0.15, 0.2) is 0 Å². The molecule has 0 saturated heterocycles. The third-order valence-electron chi connectivity index (χ3n) is 3.14. The predicted octanol–water partition coefficient (Wildman–Crippen LogP) is 2.75. The fraction of sp³-hybridized carbons (Fsp3) is 0.429. The minimum absolute atomic E-state index is 0.191. The van der Waals surface area contributed by atoms with E-state index in [1.54, 1.807) is 6.26 Å². The summed E-state index contributed by atoms with van der Waals surface area (Å²) in [5, 5.41) is 11.5. The zero-order valence-corrected chi connectivity index (χ0v) is 14.4. The lowest BCUT2D eigenvalue weighted by molar-refractivity contribution is 0.475. The quantitative estimate of drug-likeness (QED) is 0.757. The number of benzene rings is 1. The van der Waals surface area contributed by atoms with Crippen LogP contribution in [0.15, 0.2) is 33.2 Å². The van der Waals surface area contributed by atoms with Gasteiger partial charge in [-0.15, -0.1) is 10.2 Å². The summed E-state index contributed by atoms with van der Waals surface area (Å²) in [6, 6.07) is 7.72. The molecule has 2 unspecified atom stereocenters. The van der Waals surface area contributed by atoms with Gasteiger partial charge in [-0.2, -0.15) is 0 Å². The molecule has 2 atom stereocenters. The average Bonchev–Trinajstić information content (AvgIpc) is 2.92. The van der Waals surface area contributed by atoms with Gasteiger partial charge in [0, 0.05) is 26.8 Å². The van der Waals surface area contributed by atoms with E-state index in [0.29, 0.717) is 18.3 Å². The first kappa shape index (κ1) is 16.3. The largest absolute Gasteiger partial charge is 0.419 e. The number of aromatic nitrogens is 2. The molecule has 1 N–H and O–H groups in total. The third kappa shape index (κ3) is 4.72. The molecule has 2 aromatic rings. The Morgan fingerprint density at radius 1 is 1.38 bits per heavy atom. The first-order chi connectivity index (χ1) is 10.1. The number of hydrogen-bond donors (Lipinski definition) is 1. The van der Waals surface area contributed by atoms with Gasteiger partial charge in [0.25, 0.3) is 0 Å². The zero-order chi connectivity index (χ0) is 15.2. The lowest BCUT2D eigenvalue weighted by atomic mass is 10.2. The van der Waals surface area contributed by atoms with Crippen molar-refractivity contribution in [2.24, 2.45) is 0 Å². The molecular formula is C14H18BrN3O2S. The lowest BCUT2D eigenvalue weighted by Crippen LogP contribution is -2.21. The van der Waals surface area contributed by atoms with Crippen LogP contribution < -0.4 is 5.32 Å². The van der Waals surface area contributed by atoms with E-state index in [4.69, 9.17) is 4.42 Å². The van der Waals surface area contributed by atoms with E-state index in [1.807, 2.05) is 31.2 Å². The first-order valence-electron chi connectivity index (χ1n) is 6.68. The van der Waals surface area contributed by atoms with Crippen molar-refractivity contribution in [2.45, 2.75) is 25.1 Å². The standard InChI is InChI=1S/C14H18BrN3O2S/c1-10(21(2)19)7-8-16-9-13-17-18-14(20-13)11-5-3-4-6-12(11)15/h3-6,10,16H,7-9H2,1-2H3. The van der Waals surface area contributed by atoms with Crippen LogP contribution in [0.3, 0.4) is 0 Å². The van der Waals surface area contributed by atoms with Crippen LogP contribution in [-0.4, -0.2) is 32.5 Å².